The number of likely N-dealkylation sites (tertiary alicyclic amines) is 1. The number of nitrogens with zero attached hydrogens (tertiary/aromatic N) is 4. The maximum absolute atomic E-state index is 4.67. The van der Waals surface area contributed by atoms with Gasteiger partial charge in [-0.25, -0.2) is 4.98 Å². The lowest BCUT2D eigenvalue weighted by Gasteiger charge is -2.21. The van der Waals surface area contributed by atoms with Gasteiger partial charge in [0.15, 0.2) is 5.96 Å². The van der Waals surface area contributed by atoms with E-state index in [0.29, 0.717) is 24.5 Å². The van der Waals surface area contributed by atoms with E-state index in [0.717, 1.165) is 30.4 Å². The molecular weight excluding hydrogens is 312 g/mol. The van der Waals surface area contributed by atoms with Crippen molar-refractivity contribution >= 4 is 11.6 Å². The third kappa shape index (κ3) is 4.12. The number of hydrogen-bond acceptors (Lipinski definition) is 3. The SMILES string of the molecule is CN=C(NCc1cn2ccc(C)cc2n1)NC1CN(C(C)C)CC1C. The van der Waals surface area contributed by atoms with Crippen LogP contribution in [0.3, 0.4) is 0 Å². The van der Waals surface area contributed by atoms with Crippen molar-refractivity contribution in [1.29, 1.82) is 0 Å². The first-order valence-corrected chi connectivity index (χ1v) is 9.11. The summed E-state index contributed by atoms with van der Waals surface area (Å²) in [6.45, 7) is 11.8. The van der Waals surface area contributed by atoms with Crippen molar-refractivity contribution in [3.05, 3.63) is 35.8 Å². The first-order valence-electron chi connectivity index (χ1n) is 9.11. The Hall–Kier alpha value is -2.08. The molecule has 1 aliphatic heterocycles. The highest BCUT2D eigenvalue weighted by Gasteiger charge is 2.31. The molecule has 2 aromatic rings. The summed E-state index contributed by atoms with van der Waals surface area (Å²) >= 11 is 0. The minimum absolute atomic E-state index is 0.428. The molecule has 25 heavy (non-hydrogen) atoms. The first kappa shape index (κ1) is 17.7. The molecule has 3 heterocycles. The molecule has 1 aliphatic rings. The lowest BCUT2D eigenvalue weighted by atomic mass is 10.1. The molecule has 3 rings (SSSR count). The molecule has 6 heteroatoms. The van der Waals surface area contributed by atoms with Gasteiger partial charge in [0.05, 0.1) is 12.2 Å². The van der Waals surface area contributed by atoms with Gasteiger partial charge in [-0.2, -0.15) is 0 Å². The van der Waals surface area contributed by atoms with Gasteiger partial charge in [0, 0.05) is 44.6 Å². The van der Waals surface area contributed by atoms with Crippen LogP contribution in [0.5, 0.6) is 0 Å². The monoisotopic (exact) mass is 342 g/mol. The van der Waals surface area contributed by atoms with E-state index in [-0.39, 0.29) is 0 Å². The van der Waals surface area contributed by atoms with Crippen LogP contribution in [-0.2, 0) is 6.54 Å². The quantitative estimate of drug-likeness (QED) is 0.659. The summed E-state index contributed by atoms with van der Waals surface area (Å²) in [6.07, 6.45) is 4.11. The Kier molecular flexibility index (Phi) is 5.27. The second kappa shape index (κ2) is 7.44. The van der Waals surface area contributed by atoms with E-state index in [1.165, 1.54) is 5.56 Å². The summed E-state index contributed by atoms with van der Waals surface area (Å²) in [7, 11) is 1.82. The fraction of sp³-hybridized carbons (Fsp3) is 0.579. The number of fused-ring (bicyclic) bond motifs is 1. The van der Waals surface area contributed by atoms with Crippen LogP contribution in [0.25, 0.3) is 5.65 Å². The third-order valence-electron chi connectivity index (χ3n) is 5.02. The number of aryl methyl sites for hydroxylation is 1. The first-order chi connectivity index (χ1) is 12.0. The molecule has 0 amide bonds. The molecule has 0 saturated carbocycles. The van der Waals surface area contributed by atoms with Crippen LogP contribution in [0, 0.1) is 12.8 Å². The second-order valence-corrected chi connectivity index (χ2v) is 7.40. The van der Waals surface area contributed by atoms with Crippen LogP contribution in [-0.4, -0.2) is 52.5 Å². The molecule has 0 aliphatic carbocycles. The highest BCUT2D eigenvalue weighted by Crippen LogP contribution is 2.18. The Bertz CT molecular complexity index is 747. The van der Waals surface area contributed by atoms with Crippen LogP contribution in [0.2, 0.25) is 0 Å². The van der Waals surface area contributed by atoms with E-state index in [1.54, 1.807) is 0 Å². The summed E-state index contributed by atoms with van der Waals surface area (Å²) < 4.78 is 2.06. The van der Waals surface area contributed by atoms with Crippen LogP contribution in [0.4, 0.5) is 0 Å². The summed E-state index contributed by atoms with van der Waals surface area (Å²) in [5.41, 5.74) is 3.22. The van der Waals surface area contributed by atoms with E-state index in [2.05, 4.69) is 82.1 Å². The van der Waals surface area contributed by atoms with Crippen molar-refractivity contribution in [3.63, 3.8) is 0 Å². The number of guanidine groups is 1. The predicted octanol–water partition coefficient (Wildman–Crippen LogP) is 2.04. The molecule has 0 bridgehead atoms. The number of rotatable bonds is 4. The normalized spacial score (nSPS) is 22.1. The summed E-state index contributed by atoms with van der Waals surface area (Å²) in [6, 6.07) is 5.20. The minimum Gasteiger partial charge on any atom is -0.352 e. The Morgan fingerprint density at radius 3 is 2.88 bits per heavy atom. The number of aliphatic imine (C=N–C) groups is 1. The van der Waals surface area contributed by atoms with Crippen molar-refractivity contribution in [2.24, 2.45) is 10.9 Å². The smallest absolute Gasteiger partial charge is 0.191 e. The molecule has 6 nitrogen and oxygen atoms in total. The zero-order valence-electron chi connectivity index (χ0n) is 16.0. The van der Waals surface area contributed by atoms with Gasteiger partial charge in [0.2, 0.25) is 0 Å². The zero-order chi connectivity index (χ0) is 18.0. The van der Waals surface area contributed by atoms with E-state index in [9.17, 15) is 0 Å². The van der Waals surface area contributed by atoms with Crippen molar-refractivity contribution in [2.45, 2.75) is 46.3 Å². The number of imidazole rings is 1. The molecule has 2 N–H and O–H groups in total. The lowest BCUT2D eigenvalue weighted by molar-refractivity contribution is 0.265. The van der Waals surface area contributed by atoms with Crippen LogP contribution < -0.4 is 10.6 Å². The molecule has 2 unspecified atom stereocenters. The molecule has 2 aromatic heterocycles. The van der Waals surface area contributed by atoms with Gasteiger partial charge < -0.3 is 15.0 Å². The molecule has 0 radical (unpaired) electrons. The highest BCUT2D eigenvalue weighted by atomic mass is 15.3. The topological polar surface area (TPSA) is 57.0 Å². The lowest BCUT2D eigenvalue weighted by Crippen LogP contribution is -2.46. The number of nitrogens with one attached hydrogen (secondary N) is 2. The largest absolute Gasteiger partial charge is 0.352 e. The number of aromatic nitrogens is 2. The molecule has 1 fully saturated rings. The van der Waals surface area contributed by atoms with Crippen LogP contribution in [0.15, 0.2) is 29.5 Å². The van der Waals surface area contributed by atoms with Crippen LogP contribution in [0.1, 0.15) is 32.0 Å². The molecular formula is C19H30N6. The Labute approximate surface area is 150 Å². The van der Waals surface area contributed by atoms with E-state index >= 15 is 0 Å². The predicted molar refractivity (Wildman–Crippen MR) is 103 cm³/mol. The van der Waals surface area contributed by atoms with E-state index in [1.807, 2.05) is 7.05 Å². The van der Waals surface area contributed by atoms with Crippen molar-refractivity contribution in [3.8, 4) is 0 Å². The van der Waals surface area contributed by atoms with Gasteiger partial charge in [-0.3, -0.25) is 9.89 Å². The minimum atomic E-state index is 0.428. The maximum atomic E-state index is 4.67. The summed E-state index contributed by atoms with van der Waals surface area (Å²) in [4.78, 5) is 11.6. The summed E-state index contributed by atoms with van der Waals surface area (Å²) in [5.74, 6) is 1.45. The van der Waals surface area contributed by atoms with Gasteiger partial charge in [-0.05, 0) is 44.4 Å². The highest BCUT2D eigenvalue weighted by molar-refractivity contribution is 5.80. The Morgan fingerprint density at radius 2 is 2.20 bits per heavy atom. The van der Waals surface area contributed by atoms with Gasteiger partial charge in [-0.15, -0.1) is 0 Å². The van der Waals surface area contributed by atoms with Crippen molar-refractivity contribution < 1.29 is 0 Å². The van der Waals surface area contributed by atoms with Gasteiger partial charge in [0.1, 0.15) is 5.65 Å². The third-order valence-corrected chi connectivity index (χ3v) is 5.02. The van der Waals surface area contributed by atoms with E-state index < -0.39 is 0 Å². The maximum Gasteiger partial charge on any atom is 0.191 e. The molecule has 136 valence electrons. The average Bonchev–Trinajstić information content (AvgIpc) is 3.14. The second-order valence-electron chi connectivity index (χ2n) is 7.40. The zero-order valence-corrected chi connectivity index (χ0v) is 16.0. The van der Waals surface area contributed by atoms with Gasteiger partial charge in [0.25, 0.3) is 0 Å². The number of pyridine rings is 1. The molecule has 0 spiro atoms. The summed E-state index contributed by atoms with van der Waals surface area (Å²) in [5, 5.41) is 6.97. The van der Waals surface area contributed by atoms with Crippen molar-refractivity contribution in [1.82, 2.24) is 24.9 Å². The molecule has 1 saturated heterocycles. The fourth-order valence-electron chi connectivity index (χ4n) is 3.38. The Balaban J connectivity index is 1.59. The number of hydrogen-bond donors (Lipinski definition) is 2. The molecule has 0 aromatic carbocycles. The fourth-order valence-corrected chi connectivity index (χ4v) is 3.38. The van der Waals surface area contributed by atoms with E-state index in [4.69, 9.17) is 0 Å². The van der Waals surface area contributed by atoms with Crippen molar-refractivity contribution in [2.75, 3.05) is 20.1 Å². The van der Waals surface area contributed by atoms with Gasteiger partial charge in [-0.1, -0.05) is 6.92 Å². The van der Waals surface area contributed by atoms with Crippen LogP contribution >= 0.6 is 0 Å². The van der Waals surface area contributed by atoms with Gasteiger partial charge >= 0.3 is 0 Å². The molecule has 2 atom stereocenters. The Morgan fingerprint density at radius 1 is 1.40 bits per heavy atom. The standard InChI is InChI=1S/C19H30N6/c1-13(2)25-10-15(4)17(12-25)23-19(20-5)21-9-16-11-24-7-6-14(3)8-18(24)22-16/h6-8,11,13,15,17H,9-10,12H2,1-5H3,(H2,20,21,23). The average molecular weight is 342 g/mol.